The maximum absolute atomic E-state index is 12.1. The van der Waals surface area contributed by atoms with Crippen molar-refractivity contribution >= 4 is 40.9 Å². The van der Waals surface area contributed by atoms with Gasteiger partial charge in [-0.25, -0.2) is 4.79 Å². The van der Waals surface area contributed by atoms with Crippen LogP contribution in [-0.4, -0.2) is 38.0 Å². The topological polar surface area (TPSA) is 93.7 Å². The molecule has 0 saturated heterocycles. The minimum Gasteiger partial charge on any atom is -0.495 e. The Hall–Kier alpha value is -3.91. The summed E-state index contributed by atoms with van der Waals surface area (Å²) in [6, 6.07) is 19.2. The van der Waals surface area contributed by atoms with Gasteiger partial charge in [0.1, 0.15) is 5.75 Å². The van der Waals surface area contributed by atoms with Crippen LogP contribution in [0.1, 0.15) is 10.4 Å². The smallest absolute Gasteiger partial charge is 0.331 e. The van der Waals surface area contributed by atoms with Gasteiger partial charge in [-0.1, -0.05) is 36.4 Å². The van der Waals surface area contributed by atoms with E-state index in [2.05, 4.69) is 10.6 Å². The zero-order valence-corrected chi connectivity index (χ0v) is 19.1. The van der Waals surface area contributed by atoms with E-state index in [-0.39, 0.29) is 6.54 Å². The van der Waals surface area contributed by atoms with Crippen LogP contribution in [0.15, 0.2) is 66.7 Å². The molecule has 0 aliphatic heterocycles. The van der Waals surface area contributed by atoms with Gasteiger partial charge in [-0.3, -0.25) is 9.59 Å². The standard InChI is InChI=1S/C25H24N2O5S/c1-17-8-11-21(31-2)20(14-17)27-23(28)15-26-24(29)16-32-25(30)13-10-19-9-12-22(33-19)18-6-4-3-5-7-18/h3-14H,15-16H2,1-2H3,(H,26,29)(H,27,28)/b13-10+. The molecule has 0 spiro atoms. The molecule has 0 atom stereocenters. The molecule has 0 unspecified atom stereocenters. The molecule has 3 aromatic rings. The molecule has 0 fully saturated rings. The molecular weight excluding hydrogens is 440 g/mol. The minimum atomic E-state index is -0.645. The van der Waals surface area contributed by atoms with Crippen molar-refractivity contribution in [2.75, 3.05) is 25.6 Å². The molecule has 1 aromatic heterocycles. The first kappa shape index (κ1) is 23.7. The number of hydrogen-bond acceptors (Lipinski definition) is 6. The number of anilines is 1. The molecule has 0 saturated carbocycles. The lowest BCUT2D eigenvalue weighted by atomic mass is 10.2. The average Bonchev–Trinajstić information content (AvgIpc) is 3.30. The summed E-state index contributed by atoms with van der Waals surface area (Å²) in [7, 11) is 1.51. The number of methoxy groups -OCH3 is 1. The number of carbonyl (C=O) groups excluding carboxylic acids is 3. The third kappa shape index (κ3) is 7.33. The van der Waals surface area contributed by atoms with Crippen molar-refractivity contribution in [1.82, 2.24) is 5.32 Å². The summed E-state index contributed by atoms with van der Waals surface area (Å²) in [4.78, 5) is 37.9. The number of aryl methyl sites for hydroxylation is 1. The van der Waals surface area contributed by atoms with Crippen LogP contribution in [0.25, 0.3) is 16.5 Å². The zero-order chi connectivity index (χ0) is 23.6. The van der Waals surface area contributed by atoms with Gasteiger partial charge in [0.25, 0.3) is 5.91 Å². The molecule has 2 aromatic carbocycles. The van der Waals surface area contributed by atoms with Crippen molar-refractivity contribution in [1.29, 1.82) is 0 Å². The van der Waals surface area contributed by atoms with Gasteiger partial charge in [-0.05, 0) is 48.4 Å². The summed E-state index contributed by atoms with van der Waals surface area (Å²) in [5.41, 5.74) is 2.57. The highest BCUT2D eigenvalue weighted by atomic mass is 32.1. The zero-order valence-electron chi connectivity index (χ0n) is 18.3. The summed E-state index contributed by atoms with van der Waals surface area (Å²) < 4.78 is 10.1. The Morgan fingerprint density at radius 1 is 1.00 bits per heavy atom. The van der Waals surface area contributed by atoms with E-state index >= 15 is 0 Å². The van der Waals surface area contributed by atoms with E-state index in [0.29, 0.717) is 11.4 Å². The highest BCUT2D eigenvalue weighted by Crippen LogP contribution is 2.28. The van der Waals surface area contributed by atoms with Gasteiger partial charge in [0.05, 0.1) is 19.3 Å². The molecule has 2 amide bonds. The number of hydrogen-bond donors (Lipinski definition) is 2. The van der Waals surface area contributed by atoms with E-state index in [4.69, 9.17) is 9.47 Å². The summed E-state index contributed by atoms with van der Waals surface area (Å²) in [6.45, 7) is 1.14. The summed E-state index contributed by atoms with van der Waals surface area (Å²) >= 11 is 1.54. The molecule has 3 rings (SSSR count). The van der Waals surface area contributed by atoms with Gasteiger partial charge in [-0.15, -0.1) is 11.3 Å². The summed E-state index contributed by atoms with van der Waals surface area (Å²) in [5.74, 6) is -1.13. The Morgan fingerprint density at radius 2 is 1.79 bits per heavy atom. The van der Waals surface area contributed by atoms with Gasteiger partial charge >= 0.3 is 5.97 Å². The number of amides is 2. The van der Waals surface area contributed by atoms with E-state index in [0.717, 1.165) is 20.9 Å². The first-order valence-corrected chi connectivity index (χ1v) is 11.0. The van der Waals surface area contributed by atoms with Gasteiger partial charge in [-0.2, -0.15) is 0 Å². The van der Waals surface area contributed by atoms with Crippen LogP contribution in [0.3, 0.4) is 0 Å². The Labute approximate surface area is 196 Å². The van der Waals surface area contributed by atoms with Crippen molar-refractivity contribution in [2.24, 2.45) is 0 Å². The number of esters is 1. The van der Waals surface area contributed by atoms with Gasteiger partial charge in [0.15, 0.2) is 6.61 Å². The van der Waals surface area contributed by atoms with E-state index in [1.807, 2.05) is 55.5 Å². The highest BCUT2D eigenvalue weighted by molar-refractivity contribution is 7.16. The van der Waals surface area contributed by atoms with Crippen LogP contribution < -0.4 is 15.4 Å². The lowest BCUT2D eigenvalue weighted by Crippen LogP contribution is -2.35. The minimum absolute atomic E-state index is 0.263. The monoisotopic (exact) mass is 464 g/mol. The van der Waals surface area contributed by atoms with Crippen LogP contribution in [0.5, 0.6) is 5.75 Å². The van der Waals surface area contributed by atoms with E-state index < -0.39 is 24.4 Å². The molecule has 33 heavy (non-hydrogen) atoms. The fraction of sp³-hybridized carbons (Fsp3) is 0.160. The van der Waals surface area contributed by atoms with Crippen molar-refractivity contribution < 1.29 is 23.9 Å². The quantitative estimate of drug-likeness (QED) is 0.368. The maximum atomic E-state index is 12.1. The molecule has 1 heterocycles. The third-order valence-electron chi connectivity index (χ3n) is 4.49. The Morgan fingerprint density at radius 3 is 2.55 bits per heavy atom. The van der Waals surface area contributed by atoms with Crippen molar-refractivity contribution in [2.45, 2.75) is 6.92 Å². The highest BCUT2D eigenvalue weighted by Gasteiger charge is 2.11. The second-order valence-corrected chi connectivity index (χ2v) is 8.15. The number of ether oxygens (including phenoxy) is 2. The van der Waals surface area contributed by atoms with Crippen LogP contribution in [-0.2, 0) is 19.1 Å². The molecule has 2 N–H and O–H groups in total. The molecule has 170 valence electrons. The fourth-order valence-electron chi connectivity index (χ4n) is 2.88. The normalized spacial score (nSPS) is 10.6. The lowest BCUT2D eigenvalue weighted by molar-refractivity contribution is -0.143. The van der Waals surface area contributed by atoms with E-state index in [9.17, 15) is 14.4 Å². The molecule has 0 radical (unpaired) electrons. The number of thiophene rings is 1. The van der Waals surface area contributed by atoms with Crippen LogP contribution in [0.2, 0.25) is 0 Å². The summed E-state index contributed by atoms with van der Waals surface area (Å²) in [5, 5.41) is 5.09. The van der Waals surface area contributed by atoms with E-state index in [1.54, 1.807) is 29.5 Å². The maximum Gasteiger partial charge on any atom is 0.331 e. The molecule has 8 heteroatoms. The fourth-order valence-corrected chi connectivity index (χ4v) is 3.79. The Balaban J connectivity index is 1.41. The first-order valence-electron chi connectivity index (χ1n) is 10.2. The largest absolute Gasteiger partial charge is 0.495 e. The second kappa shape index (κ2) is 11.6. The SMILES string of the molecule is COc1ccc(C)cc1NC(=O)CNC(=O)COC(=O)/C=C/c1ccc(-c2ccccc2)s1. The average molecular weight is 465 g/mol. The molecule has 0 bridgehead atoms. The third-order valence-corrected chi connectivity index (χ3v) is 5.59. The Kier molecular flexibility index (Phi) is 8.37. The van der Waals surface area contributed by atoms with E-state index in [1.165, 1.54) is 13.2 Å². The molecule has 0 aliphatic rings. The number of carbonyl (C=O) groups is 3. The van der Waals surface area contributed by atoms with Crippen molar-refractivity contribution in [3.05, 3.63) is 77.2 Å². The van der Waals surface area contributed by atoms with Crippen LogP contribution in [0.4, 0.5) is 5.69 Å². The number of benzene rings is 2. The predicted molar refractivity (Wildman–Crippen MR) is 129 cm³/mol. The van der Waals surface area contributed by atoms with Crippen LogP contribution in [0, 0.1) is 6.92 Å². The lowest BCUT2D eigenvalue weighted by Gasteiger charge is -2.11. The predicted octanol–water partition coefficient (Wildman–Crippen LogP) is 4.04. The molecule has 7 nitrogen and oxygen atoms in total. The molecule has 0 aliphatic carbocycles. The molecular formula is C25H24N2O5S. The van der Waals surface area contributed by atoms with Gasteiger partial charge in [0.2, 0.25) is 5.91 Å². The van der Waals surface area contributed by atoms with Crippen LogP contribution >= 0.6 is 11.3 Å². The Bertz CT molecular complexity index is 1150. The first-order chi connectivity index (χ1) is 15.9. The van der Waals surface area contributed by atoms with Gasteiger partial charge in [0, 0.05) is 15.8 Å². The number of nitrogens with one attached hydrogen (secondary N) is 2. The van der Waals surface area contributed by atoms with Crippen molar-refractivity contribution in [3.8, 4) is 16.2 Å². The second-order valence-electron chi connectivity index (χ2n) is 7.04. The number of rotatable bonds is 9. The summed E-state index contributed by atoms with van der Waals surface area (Å²) in [6.07, 6.45) is 2.91. The van der Waals surface area contributed by atoms with Crippen molar-refractivity contribution in [3.63, 3.8) is 0 Å². The van der Waals surface area contributed by atoms with Gasteiger partial charge < -0.3 is 20.1 Å².